The molecule has 9 atom stereocenters. The molecule has 530 valence electrons. The van der Waals surface area contributed by atoms with Gasteiger partial charge in [0.2, 0.25) is 0 Å². The molecule has 1 aromatic rings. The Bertz CT molecular complexity index is 2610. The first-order valence-electron chi connectivity index (χ1n) is 36.7. The Morgan fingerprint density at radius 1 is 0.415 bits per heavy atom. The van der Waals surface area contributed by atoms with Gasteiger partial charge in [-0.15, -0.1) is 0 Å². The number of hydrogen-bond donors (Lipinski definition) is 0. The first kappa shape index (κ1) is 70.6. The molecule has 18 rings (SSSR count). The van der Waals surface area contributed by atoms with Crippen LogP contribution in [0.4, 0.5) is 26.3 Å². The van der Waals surface area contributed by atoms with Crippen LogP contribution in [0.1, 0.15) is 215 Å². The van der Waals surface area contributed by atoms with Gasteiger partial charge >= 0.3 is 35.7 Å². The van der Waals surface area contributed by atoms with E-state index in [9.17, 15) is 40.7 Å². The van der Waals surface area contributed by atoms with Crippen LogP contribution in [0.5, 0.6) is 5.75 Å². The highest BCUT2D eigenvalue weighted by Crippen LogP contribution is 2.65. The maximum Gasteiger partial charge on any atom is 0.376 e. The molecule has 17 aliphatic rings. The third-order valence-electron chi connectivity index (χ3n) is 25.4. The highest BCUT2D eigenvalue weighted by molar-refractivity contribution is 5.77. The highest BCUT2D eigenvalue weighted by atomic mass is 19.3. The van der Waals surface area contributed by atoms with Crippen LogP contribution in [0.3, 0.4) is 0 Å². The third kappa shape index (κ3) is 17.1. The minimum Gasteiger partial charge on any atom is -0.491 e. The molecule has 17 saturated carbocycles. The number of ether oxygens (including phenoxy) is 10. The van der Waals surface area contributed by atoms with Gasteiger partial charge in [0.25, 0.3) is 0 Å². The predicted molar refractivity (Wildman–Crippen MR) is 337 cm³/mol. The zero-order valence-electron chi connectivity index (χ0n) is 57.0. The molecule has 13 nitrogen and oxygen atoms in total. The Morgan fingerprint density at radius 2 is 0.734 bits per heavy atom. The molecule has 0 heterocycles. The molecule has 0 saturated heterocycles. The van der Waals surface area contributed by atoms with Gasteiger partial charge in [-0.2, -0.15) is 26.3 Å². The van der Waals surface area contributed by atoms with Crippen molar-refractivity contribution in [3.63, 3.8) is 0 Å². The lowest BCUT2D eigenvalue weighted by molar-refractivity contribution is -0.249. The molecule has 9 unspecified atom stereocenters. The molecule has 0 aromatic heterocycles. The molecule has 0 aliphatic heterocycles. The molecule has 0 N–H and O–H groups in total. The molecule has 94 heavy (non-hydrogen) atoms. The predicted octanol–water partition coefficient (Wildman–Crippen LogP) is 16.5. The number of carbonyl (C=O) groups is 3. The van der Waals surface area contributed by atoms with Gasteiger partial charge in [0.15, 0.2) is 18.9 Å². The fourth-order valence-corrected chi connectivity index (χ4v) is 23.0. The summed E-state index contributed by atoms with van der Waals surface area (Å²) in [6, 6.07) is 9.61. The number of alkyl halides is 6. The monoisotopic (exact) mass is 1330 g/mol. The summed E-state index contributed by atoms with van der Waals surface area (Å²) in [5.41, 5.74) is -0.0560. The van der Waals surface area contributed by atoms with Crippen LogP contribution in [0.15, 0.2) is 30.3 Å². The zero-order chi connectivity index (χ0) is 66.4. The quantitative estimate of drug-likeness (QED) is 0.0271. The summed E-state index contributed by atoms with van der Waals surface area (Å²) in [5, 5.41) is 0. The summed E-state index contributed by atoms with van der Waals surface area (Å²) in [6.45, 7) is 10.6. The van der Waals surface area contributed by atoms with Crippen molar-refractivity contribution in [2.75, 3.05) is 46.2 Å². The number of benzene rings is 1. The average molecular weight is 1330 g/mol. The van der Waals surface area contributed by atoms with Crippen molar-refractivity contribution in [2.24, 2.45) is 98.6 Å². The van der Waals surface area contributed by atoms with Gasteiger partial charge in [0, 0.05) is 43.6 Å². The molecule has 0 radical (unpaired) electrons. The fraction of sp³-hybridized carbons (Fsp3) is 0.880. The number of halogens is 6. The number of hydrogen-bond acceptors (Lipinski definition) is 13. The minimum absolute atomic E-state index is 0.0916. The number of para-hydroxylation sites is 1. The van der Waals surface area contributed by atoms with E-state index in [1.54, 1.807) is 0 Å². The zero-order valence-corrected chi connectivity index (χ0v) is 57.0. The van der Waals surface area contributed by atoms with Crippen LogP contribution in [0, 0.1) is 98.6 Å². The van der Waals surface area contributed by atoms with E-state index < -0.39 is 35.7 Å². The van der Waals surface area contributed by atoms with E-state index in [4.69, 9.17) is 47.4 Å². The van der Waals surface area contributed by atoms with Crippen LogP contribution in [0.2, 0.25) is 0 Å². The van der Waals surface area contributed by atoms with Crippen LogP contribution >= 0.6 is 0 Å². The van der Waals surface area contributed by atoms with E-state index in [1.807, 2.05) is 44.2 Å². The molecule has 0 amide bonds. The fourth-order valence-electron chi connectivity index (χ4n) is 23.0. The first-order chi connectivity index (χ1) is 44.6. The summed E-state index contributed by atoms with van der Waals surface area (Å²) in [7, 11) is 0. The third-order valence-corrected chi connectivity index (χ3v) is 25.4. The van der Waals surface area contributed by atoms with Gasteiger partial charge in [-0.25, -0.2) is 14.4 Å². The number of rotatable bonds is 27. The van der Waals surface area contributed by atoms with E-state index in [1.165, 1.54) is 70.6 Å². The largest absolute Gasteiger partial charge is 0.491 e. The van der Waals surface area contributed by atoms with Crippen LogP contribution in [-0.2, 0) is 57.0 Å². The van der Waals surface area contributed by atoms with Crippen molar-refractivity contribution >= 4 is 17.9 Å². The van der Waals surface area contributed by atoms with Gasteiger partial charge in [-0.05, 0) is 257 Å². The van der Waals surface area contributed by atoms with Gasteiger partial charge in [0.05, 0.1) is 51.3 Å². The molecule has 0 spiro atoms. The van der Waals surface area contributed by atoms with Crippen molar-refractivity contribution < 1.29 is 88.1 Å². The van der Waals surface area contributed by atoms with Crippen molar-refractivity contribution in [3.8, 4) is 5.75 Å². The Hall–Kier alpha value is -3.23. The van der Waals surface area contributed by atoms with Crippen LogP contribution < -0.4 is 4.74 Å². The summed E-state index contributed by atoms with van der Waals surface area (Å²) < 4.78 is 138. The lowest BCUT2D eigenvalue weighted by atomic mass is 9.48. The van der Waals surface area contributed by atoms with E-state index >= 15 is 0 Å². The standard InChI is InChI=1S/C27H40F2O4.C24H32F2O5.C24H38F2O4/c1-16(31-14-26-8-17-3-18(9-26)5-19(4-17)10-26)33-23-21-6-20-7-22(23)13-27(11-20,12-21)15-32-24(30)25(2,28)29;1-16(28-8-9-29-20-6-4-3-5-7-20)31-21-18-10-17-11-19(21)14-24(12-17,13-18)15-30-22(27)23(2,25)26;1-16(28-9-8-17-6-4-3-5-7-17)30-21-19-10-18-11-20(21)14-24(12-18,13-19)15-29-22(27)23(2,25)26/h16-23H,3-15H2,1-2H3;3-7,16-19,21H,8-15H2,1-2H3;16-21H,3-15H2,1-2H3. The topological polar surface area (TPSA) is 144 Å². The molecular formula is C75H110F6O13. The van der Waals surface area contributed by atoms with E-state index in [2.05, 4.69) is 6.92 Å². The summed E-state index contributed by atoms with van der Waals surface area (Å²) in [5.74, 6) is -5.91. The van der Waals surface area contributed by atoms with Crippen LogP contribution in [-0.4, -0.2) is 119 Å². The normalized spacial score (nSPS) is 39.6. The molecular weight excluding hydrogens is 1220 g/mol. The summed E-state index contributed by atoms with van der Waals surface area (Å²) in [6.07, 6.45) is 31.0. The molecule has 19 heteroatoms. The Labute approximate surface area is 554 Å². The second-order valence-electron chi connectivity index (χ2n) is 33.7. The van der Waals surface area contributed by atoms with Gasteiger partial charge in [-0.1, -0.05) is 50.3 Å². The van der Waals surface area contributed by atoms with Crippen molar-refractivity contribution in [2.45, 2.75) is 270 Å². The summed E-state index contributed by atoms with van der Waals surface area (Å²) >= 11 is 0. The number of esters is 3. The van der Waals surface area contributed by atoms with Crippen molar-refractivity contribution in [3.05, 3.63) is 30.3 Å². The highest BCUT2D eigenvalue weighted by Gasteiger charge is 2.61. The second-order valence-corrected chi connectivity index (χ2v) is 33.7. The van der Waals surface area contributed by atoms with Gasteiger partial charge in [-0.3, -0.25) is 0 Å². The Balaban J connectivity index is 0.000000136. The van der Waals surface area contributed by atoms with Gasteiger partial charge < -0.3 is 47.4 Å². The Kier molecular flexibility index (Phi) is 21.6. The molecule has 17 fully saturated rings. The lowest BCUT2D eigenvalue weighted by Gasteiger charge is -2.59. The second kappa shape index (κ2) is 28.8. The molecule has 17 aliphatic carbocycles. The lowest BCUT2D eigenvalue weighted by Crippen LogP contribution is -2.56. The summed E-state index contributed by atoms with van der Waals surface area (Å²) in [4.78, 5) is 34.8. The van der Waals surface area contributed by atoms with Crippen molar-refractivity contribution in [1.29, 1.82) is 0 Å². The van der Waals surface area contributed by atoms with E-state index in [0.717, 1.165) is 145 Å². The van der Waals surface area contributed by atoms with Crippen LogP contribution in [0.25, 0.3) is 0 Å². The average Bonchev–Trinajstić information content (AvgIpc) is 0.750. The molecule has 1 aromatic carbocycles. The molecule has 16 bridgehead atoms. The van der Waals surface area contributed by atoms with E-state index in [-0.39, 0.29) is 73.2 Å². The van der Waals surface area contributed by atoms with E-state index in [0.29, 0.717) is 92.7 Å². The first-order valence-corrected chi connectivity index (χ1v) is 36.7. The van der Waals surface area contributed by atoms with Gasteiger partial charge in [0.1, 0.15) is 12.4 Å². The maximum atomic E-state index is 13.3. The maximum absolute atomic E-state index is 13.3. The van der Waals surface area contributed by atoms with Crippen molar-refractivity contribution in [1.82, 2.24) is 0 Å². The SMILES string of the molecule is CC(OCC12CC3CC(CC(C3)C1)C2)OC1C2CC3CC1CC(COC(=O)C(C)(F)F)(C3)C2.CC(OCCC1CCCCC1)OC1C2CC3CC1CC(COC(=O)C(C)(F)F)(C3)C2.CC(OCCOc1ccccc1)OC1C2CC3CC1CC(COC(=O)C(C)(F)F)(C3)C2. The Morgan fingerprint density at radius 3 is 1.09 bits per heavy atom. The number of carbonyl (C=O) groups excluding carboxylic acids is 3. The smallest absolute Gasteiger partial charge is 0.376 e. The minimum atomic E-state index is -3.44.